The Morgan fingerprint density at radius 2 is 2.00 bits per heavy atom. The first-order valence-electron chi connectivity index (χ1n) is 9.97. The van der Waals surface area contributed by atoms with E-state index < -0.39 is 0 Å². The highest BCUT2D eigenvalue weighted by Gasteiger charge is 2.33. The second-order valence-corrected chi connectivity index (χ2v) is 9.12. The zero-order chi connectivity index (χ0) is 19.0. The summed E-state index contributed by atoms with van der Waals surface area (Å²) in [5.74, 6) is 2.18. The molecule has 4 rings (SSSR count). The van der Waals surface area contributed by atoms with Crippen molar-refractivity contribution in [3.8, 4) is 0 Å². The largest absolute Gasteiger partial charge is 0.356 e. The van der Waals surface area contributed by atoms with E-state index >= 15 is 0 Å². The highest BCUT2D eigenvalue weighted by Crippen LogP contribution is 2.36. The SMILES string of the molecule is CNCC1CCN(C(=O)C2CCN(c3ncnc4sc(C)c(C)c34)CC2)C1. The topological polar surface area (TPSA) is 61.4 Å². The summed E-state index contributed by atoms with van der Waals surface area (Å²) in [6, 6.07) is 0. The maximum absolute atomic E-state index is 12.9. The zero-order valence-electron chi connectivity index (χ0n) is 16.5. The molecular weight excluding hydrogens is 358 g/mol. The fraction of sp³-hybridized carbons (Fsp3) is 0.650. The van der Waals surface area contributed by atoms with Gasteiger partial charge in [-0.3, -0.25) is 4.79 Å². The third kappa shape index (κ3) is 3.55. The number of hydrogen-bond donors (Lipinski definition) is 1. The van der Waals surface area contributed by atoms with Crippen molar-refractivity contribution in [2.45, 2.75) is 33.1 Å². The lowest BCUT2D eigenvalue weighted by atomic mass is 9.95. The smallest absolute Gasteiger partial charge is 0.225 e. The molecule has 0 aliphatic carbocycles. The third-order valence-electron chi connectivity index (χ3n) is 6.18. The maximum atomic E-state index is 12.9. The van der Waals surface area contributed by atoms with Gasteiger partial charge in [0.05, 0.1) is 5.39 Å². The van der Waals surface area contributed by atoms with Crippen LogP contribution in [0.3, 0.4) is 0 Å². The van der Waals surface area contributed by atoms with E-state index in [-0.39, 0.29) is 5.92 Å². The monoisotopic (exact) mass is 387 g/mol. The number of likely N-dealkylation sites (tertiary alicyclic amines) is 1. The van der Waals surface area contributed by atoms with Crippen molar-refractivity contribution in [1.82, 2.24) is 20.2 Å². The van der Waals surface area contributed by atoms with E-state index in [1.165, 1.54) is 15.8 Å². The van der Waals surface area contributed by atoms with Crippen LogP contribution in [0.15, 0.2) is 6.33 Å². The van der Waals surface area contributed by atoms with E-state index in [4.69, 9.17) is 0 Å². The van der Waals surface area contributed by atoms with Gasteiger partial charge in [0.1, 0.15) is 17.0 Å². The second kappa shape index (κ2) is 7.72. The molecule has 2 aromatic heterocycles. The molecule has 0 spiro atoms. The number of aromatic nitrogens is 2. The van der Waals surface area contributed by atoms with Gasteiger partial charge in [-0.15, -0.1) is 11.3 Å². The number of hydrogen-bond acceptors (Lipinski definition) is 6. The van der Waals surface area contributed by atoms with Gasteiger partial charge in [-0.1, -0.05) is 0 Å². The van der Waals surface area contributed by atoms with Gasteiger partial charge in [-0.25, -0.2) is 9.97 Å². The molecule has 1 atom stereocenters. The van der Waals surface area contributed by atoms with Gasteiger partial charge in [-0.2, -0.15) is 0 Å². The molecule has 2 aliphatic rings. The number of carbonyl (C=O) groups is 1. The molecule has 146 valence electrons. The molecule has 6 nitrogen and oxygen atoms in total. The Morgan fingerprint density at radius 3 is 2.74 bits per heavy atom. The Kier molecular flexibility index (Phi) is 5.32. The number of carbonyl (C=O) groups excluding carboxylic acids is 1. The van der Waals surface area contributed by atoms with Crippen molar-refractivity contribution in [3.63, 3.8) is 0 Å². The lowest BCUT2D eigenvalue weighted by molar-refractivity contribution is -0.135. The van der Waals surface area contributed by atoms with Crippen molar-refractivity contribution in [2.75, 3.05) is 44.7 Å². The molecule has 1 amide bonds. The molecule has 27 heavy (non-hydrogen) atoms. The summed E-state index contributed by atoms with van der Waals surface area (Å²) in [5, 5.41) is 4.43. The summed E-state index contributed by atoms with van der Waals surface area (Å²) in [6.07, 6.45) is 4.64. The van der Waals surface area contributed by atoms with Crippen LogP contribution in [0.5, 0.6) is 0 Å². The number of piperidine rings is 1. The summed E-state index contributed by atoms with van der Waals surface area (Å²) in [4.78, 5) is 28.8. The molecule has 2 aromatic rings. The van der Waals surface area contributed by atoms with Gasteiger partial charge in [0, 0.05) is 37.0 Å². The molecule has 1 unspecified atom stereocenters. The van der Waals surface area contributed by atoms with Gasteiger partial charge >= 0.3 is 0 Å². The van der Waals surface area contributed by atoms with Crippen LogP contribution in [0, 0.1) is 25.7 Å². The third-order valence-corrected chi connectivity index (χ3v) is 7.29. The minimum Gasteiger partial charge on any atom is -0.356 e. The normalized spacial score (nSPS) is 21.4. The molecule has 0 bridgehead atoms. The van der Waals surface area contributed by atoms with E-state index in [9.17, 15) is 4.79 Å². The lowest BCUT2D eigenvalue weighted by Crippen LogP contribution is -2.42. The number of nitrogens with zero attached hydrogens (tertiary/aromatic N) is 4. The quantitative estimate of drug-likeness (QED) is 0.874. The zero-order valence-corrected chi connectivity index (χ0v) is 17.3. The van der Waals surface area contributed by atoms with Gasteiger partial charge in [0.2, 0.25) is 5.91 Å². The van der Waals surface area contributed by atoms with Gasteiger partial charge < -0.3 is 15.1 Å². The van der Waals surface area contributed by atoms with Crippen LogP contribution >= 0.6 is 11.3 Å². The number of thiophene rings is 1. The molecule has 2 aliphatic heterocycles. The van der Waals surface area contributed by atoms with Gasteiger partial charge in [-0.05, 0) is 58.2 Å². The molecule has 2 saturated heterocycles. The summed E-state index contributed by atoms with van der Waals surface area (Å²) >= 11 is 1.74. The summed E-state index contributed by atoms with van der Waals surface area (Å²) in [7, 11) is 1.99. The molecule has 0 radical (unpaired) electrons. The van der Waals surface area contributed by atoms with E-state index in [0.29, 0.717) is 11.8 Å². The van der Waals surface area contributed by atoms with E-state index in [1.807, 2.05) is 7.05 Å². The van der Waals surface area contributed by atoms with Crippen LogP contribution in [-0.2, 0) is 4.79 Å². The highest BCUT2D eigenvalue weighted by molar-refractivity contribution is 7.18. The number of fused-ring (bicyclic) bond motifs is 1. The minimum atomic E-state index is 0.164. The molecule has 0 saturated carbocycles. The van der Waals surface area contributed by atoms with Crippen molar-refractivity contribution in [1.29, 1.82) is 0 Å². The Balaban J connectivity index is 1.42. The van der Waals surface area contributed by atoms with Crippen LogP contribution in [-0.4, -0.2) is 60.5 Å². The number of rotatable bonds is 4. The van der Waals surface area contributed by atoms with Gasteiger partial charge in [0.15, 0.2) is 0 Å². The fourth-order valence-corrected chi connectivity index (χ4v) is 5.48. The number of nitrogens with one attached hydrogen (secondary N) is 1. The van der Waals surface area contributed by atoms with Crippen molar-refractivity contribution < 1.29 is 4.79 Å². The van der Waals surface area contributed by atoms with Crippen LogP contribution in [0.2, 0.25) is 0 Å². The van der Waals surface area contributed by atoms with Crippen molar-refractivity contribution in [2.24, 2.45) is 11.8 Å². The van der Waals surface area contributed by atoms with Crippen LogP contribution < -0.4 is 10.2 Å². The predicted octanol–water partition coefficient (Wildman–Crippen LogP) is 2.59. The molecule has 1 N–H and O–H groups in total. The number of anilines is 1. The Hall–Kier alpha value is -1.73. The van der Waals surface area contributed by atoms with E-state index in [1.54, 1.807) is 17.7 Å². The average Bonchev–Trinajstić information content (AvgIpc) is 3.26. The van der Waals surface area contributed by atoms with Crippen LogP contribution in [0.4, 0.5) is 5.82 Å². The van der Waals surface area contributed by atoms with E-state index in [2.05, 4.69) is 38.9 Å². The fourth-order valence-electron chi connectivity index (χ4n) is 4.49. The molecule has 4 heterocycles. The maximum Gasteiger partial charge on any atom is 0.225 e. The summed E-state index contributed by atoms with van der Waals surface area (Å²) in [5.41, 5.74) is 1.29. The first kappa shape index (κ1) is 18.6. The van der Waals surface area contributed by atoms with E-state index in [0.717, 1.165) is 62.6 Å². The molecule has 0 aromatic carbocycles. The number of amides is 1. The first-order valence-corrected chi connectivity index (χ1v) is 10.8. The molecule has 7 heteroatoms. The number of aryl methyl sites for hydroxylation is 2. The first-order chi connectivity index (χ1) is 13.1. The Bertz CT molecular complexity index is 827. The minimum absolute atomic E-state index is 0.164. The molecular formula is C20H29N5OS. The Morgan fingerprint density at radius 1 is 1.22 bits per heavy atom. The Labute approximate surface area is 165 Å². The summed E-state index contributed by atoms with van der Waals surface area (Å²) < 4.78 is 0. The summed E-state index contributed by atoms with van der Waals surface area (Å²) in [6.45, 7) is 8.94. The standard InChI is InChI=1S/C20H29N5OS/c1-13-14(2)27-19-17(13)18(22-12-23-19)24-8-5-16(6-9-24)20(26)25-7-4-15(11-25)10-21-3/h12,15-16,21H,4-11H2,1-3H3. The van der Waals surface area contributed by atoms with Crippen molar-refractivity contribution >= 4 is 33.3 Å². The molecule has 2 fully saturated rings. The van der Waals surface area contributed by atoms with Crippen molar-refractivity contribution in [3.05, 3.63) is 16.8 Å². The lowest BCUT2D eigenvalue weighted by Gasteiger charge is -2.34. The van der Waals surface area contributed by atoms with Gasteiger partial charge in [0.25, 0.3) is 0 Å². The van der Waals surface area contributed by atoms with Crippen LogP contribution in [0.1, 0.15) is 29.7 Å². The average molecular weight is 388 g/mol. The second-order valence-electron chi connectivity index (χ2n) is 7.92. The highest BCUT2D eigenvalue weighted by atomic mass is 32.1. The predicted molar refractivity (Wildman–Crippen MR) is 110 cm³/mol. The van der Waals surface area contributed by atoms with Crippen LogP contribution in [0.25, 0.3) is 10.2 Å².